The van der Waals surface area contributed by atoms with Crippen LogP contribution in [0.15, 0.2) is 142 Å². The third kappa shape index (κ3) is 3.17. The Morgan fingerprint density at radius 1 is 0.442 bits per heavy atom. The molecule has 0 aliphatic carbocycles. The fourth-order valence-electron chi connectivity index (χ4n) is 7.14. The maximum atomic E-state index is 6.44. The minimum absolute atomic E-state index is 0.872. The number of para-hydroxylation sites is 1. The van der Waals surface area contributed by atoms with Gasteiger partial charge in [0.25, 0.3) is 0 Å². The number of furan rings is 2. The third-order valence-corrected chi connectivity index (χ3v) is 10.1. The molecule has 0 saturated carbocycles. The number of hydrogen-bond acceptors (Lipinski definition) is 3. The van der Waals surface area contributed by atoms with Gasteiger partial charge in [-0.2, -0.15) is 0 Å². The average Bonchev–Trinajstić information content (AvgIpc) is 3.77. The molecule has 3 heterocycles. The Kier molecular flexibility index (Phi) is 4.63. The number of rotatable bonds is 2. The molecule has 3 heteroatoms. The zero-order valence-corrected chi connectivity index (χ0v) is 23.7. The molecule has 43 heavy (non-hydrogen) atoms. The van der Waals surface area contributed by atoms with Crippen LogP contribution in [0.3, 0.4) is 0 Å². The van der Waals surface area contributed by atoms with E-state index in [-0.39, 0.29) is 0 Å². The monoisotopic (exact) mass is 566 g/mol. The van der Waals surface area contributed by atoms with Gasteiger partial charge in [0, 0.05) is 47.5 Å². The lowest BCUT2D eigenvalue weighted by Crippen LogP contribution is -1.92. The summed E-state index contributed by atoms with van der Waals surface area (Å²) in [4.78, 5) is 0. The van der Waals surface area contributed by atoms with Crippen LogP contribution in [0.25, 0.3) is 96.9 Å². The molecule has 0 atom stereocenters. The van der Waals surface area contributed by atoms with Gasteiger partial charge in [0.1, 0.15) is 16.7 Å². The molecule has 10 aromatic rings. The first kappa shape index (κ1) is 23.2. The Morgan fingerprint density at radius 3 is 1.84 bits per heavy atom. The highest BCUT2D eigenvalue weighted by molar-refractivity contribution is 7.25. The molecule has 0 unspecified atom stereocenters. The second kappa shape index (κ2) is 8.57. The van der Waals surface area contributed by atoms with Crippen LogP contribution in [0.5, 0.6) is 0 Å². The van der Waals surface area contributed by atoms with E-state index in [9.17, 15) is 0 Å². The molecule has 0 amide bonds. The number of fused-ring (bicyclic) bond motifs is 9. The standard InChI is InChI=1S/C40H22O2S/c1-3-12-28-26(10-1)36(23-17-18-35-31(21-23)25-9-6-8-16-34(25)43-35)27-11-2-4-13-29(27)37(28)39-38-30-14-5-7-15-32(30)42-33(38)22-24-19-20-41-40(24)39/h1-22H. The maximum Gasteiger partial charge on any atom is 0.142 e. The zero-order chi connectivity index (χ0) is 28.1. The molecule has 0 bridgehead atoms. The lowest BCUT2D eigenvalue weighted by atomic mass is 9.84. The highest BCUT2D eigenvalue weighted by Gasteiger charge is 2.24. The predicted molar refractivity (Wildman–Crippen MR) is 182 cm³/mol. The van der Waals surface area contributed by atoms with Gasteiger partial charge in [-0.25, -0.2) is 0 Å². The molecule has 0 fully saturated rings. The lowest BCUT2D eigenvalue weighted by Gasteiger charge is -2.18. The average molecular weight is 567 g/mol. The van der Waals surface area contributed by atoms with Crippen LogP contribution in [-0.2, 0) is 0 Å². The van der Waals surface area contributed by atoms with Crippen LogP contribution in [0, 0.1) is 0 Å². The number of thiophene rings is 1. The zero-order valence-electron chi connectivity index (χ0n) is 22.9. The first-order chi connectivity index (χ1) is 21.3. The summed E-state index contributed by atoms with van der Waals surface area (Å²) in [6, 6.07) is 45.8. The fraction of sp³-hybridized carbons (Fsp3) is 0. The van der Waals surface area contributed by atoms with Crippen LogP contribution in [0.4, 0.5) is 0 Å². The Hall–Kier alpha value is -5.38. The van der Waals surface area contributed by atoms with Crippen molar-refractivity contribution in [3.05, 3.63) is 134 Å². The SMILES string of the molecule is c1ccc2c(c1)oc1cc3ccoc3c(-c3c4ccccc4c(-c4ccc5sc6ccccc6c5c4)c4ccccc34)c12. The van der Waals surface area contributed by atoms with Gasteiger partial charge in [-0.1, -0.05) is 91.0 Å². The van der Waals surface area contributed by atoms with Gasteiger partial charge < -0.3 is 8.83 Å². The molecule has 3 aromatic heterocycles. The van der Waals surface area contributed by atoms with Crippen LogP contribution in [0.1, 0.15) is 0 Å². The van der Waals surface area contributed by atoms with Crippen molar-refractivity contribution in [2.45, 2.75) is 0 Å². The first-order valence-electron chi connectivity index (χ1n) is 14.5. The smallest absolute Gasteiger partial charge is 0.142 e. The Morgan fingerprint density at radius 2 is 1.07 bits per heavy atom. The van der Waals surface area contributed by atoms with E-state index in [1.807, 2.05) is 29.5 Å². The van der Waals surface area contributed by atoms with Crippen molar-refractivity contribution >= 4 is 86.0 Å². The van der Waals surface area contributed by atoms with Crippen molar-refractivity contribution in [1.82, 2.24) is 0 Å². The highest BCUT2D eigenvalue weighted by atomic mass is 32.1. The van der Waals surface area contributed by atoms with E-state index < -0.39 is 0 Å². The predicted octanol–water partition coefficient (Wildman–Crippen LogP) is 12.3. The molecule has 10 rings (SSSR count). The largest absolute Gasteiger partial charge is 0.464 e. The van der Waals surface area contributed by atoms with E-state index in [1.165, 1.54) is 58.4 Å². The molecular weight excluding hydrogens is 545 g/mol. The van der Waals surface area contributed by atoms with E-state index in [0.29, 0.717) is 0 Å². The Bertz CT molecular complexity index is 2680. The van der Waals surface area contributed by atoms with Gasteiger partial charge in [-0.3, -0.25) is 0 Å². The summed E-state index contributed by atoms with van der Waals surface area (Å²) < 4.78 is 15.4. The normalized spacial score (nSPS) is 12.2. The summed E-state index contributed by atoms with van der Waals surface area (Å²) in [6.07, 6.45) is 1.79. The molecule has 0 spiro atoms. The molecule has 0 N–H and O–H groups in total. The molecule has 0 saturated heterocycles. The van der Waals surface area contributed by atoms with Crippen molar-refractivity contribution in [2.75, 3.05) is 0 Å². The van der Waals surface area contributed by atoms with Crippen LogP contribution in [0.2, 0.25) is 0 Å². The van der Waals surface area contributed by atoms with Crippen molar-refractivity contribution in [2.24, 2.45) is 0 Å². The summed E-state index contributed by atoms with van der Waals surface area (Å²) in [6.45, 7) is 0. The van der Waals surface area contributed by atoms with Gasteiger partial charge >= 0.3 is 0 Å². The molecule has 0 aliphatic heterocycles. The van der Waals surface area contributed by atoms with Gasteiger partial charge in [-0.05, 0) is 69.1 Å². The van der Waals surface area contributed by atoms with E-state index in [1.54, 1.807) is 6.26 Å². The Labute approximate surface area is 250 Å². The van der Waals surface area contributed by atoms with Crippen LogP contribution >= 0.6 is 11.3 Å². The minimum Gasteiger partial charge on any atom is -0.464 e. The molecule has 2 nitrogen and oxygen atoms in total. The van der Waals surface area contributed by atoms with Crippen molar-refractivity contribution in [3.8, 4) is 22.3 Å². The summed E-state index contributed by atoms with van der Waals surface area (Å²) in [5, 5.41) is 10.7. The molecular formula is C40H22O2S. The minimum atomic E-state index is 0.872. The second-order valence-corrected chi connectivity index (χ2v) is 12.3. The Balaban J connectivity index is 1.39. The van der Waals surface area contributed by atoms with Gasteiger partial charge in [0.05, 0.1) is 6.26 Å². The van der Waals surface area contributed by atoms with Gasteiger partial charge in [-0.15, -0.1) is 11.3 Å². The lowest BCUT2D eigenvalue weighted by molar-refractivity contribution is 0.617. The van der Waals surface area contributed by atoms with Crippen LogP contribution < -0.4 is 0 Å². The van der Waals surface area contributed by atoms with Crippen molar-refractivity contribution in [1.29, 1.82) is 0 Å². The summed E-state index contributed by atoms with van der Waals surface area (Å²) >= 11 is 1.86. The number of hydrogen-bond donors (Lipinski definition) is 0. The summed E-state index contributed by atoms with van der Waals surface area (Å²) in [5.74, 6) is 0. The molecule has 200 valence electrons. The van der Waals surface area contributed by atoms with Crippen molar-refractivity contribution in [3.63, 3.8) is 0 Å². The van der Waals surface area contributed by atoms with Gasteiger partial charge in [0.2, 0.25) is 0 Å². The fourth-order valence-corrected chi connectivity index (χ4v) is 8.23. The first-order valence-corrected chi connectivity index (χ1v) is 15.3. The van der Waals surface area contributed by atoms with Gasteiger partial charge in [0.15, 0.2) is 0 Å². The van der Waals surface area contributed by atoms with E-state index in [0.717, 1.165) is 38.5 Å². The van der Waals surface area contributed by atoms with E-state index >= 15 is 0 Å². The highest BCUT2D eigenvalue weighted by Crippen LogP contribution is 2.50. The quantitative estimate of drug-likeness (QED) is 0.195. The molecule has 7 aromatic carbocycles. The summed E-state index contributed by atoms with van der Waals surface area (Å²) in [5.41, 5.74) is 7.38. The second-order valence-electron chi connectivity index (χ2n) is 11.2. The van der Waals surface area contributed by atoms with E-state index in [2.05, 4.69) is 109 Å². The number of benzene rings is 7. The summed E-state index contributed by atoms with van der Waals surface area (Å²) in [7, 11) is 0. The molecule has 0 radical (unpaired) electrons. The maximum absolute atomic E-state index is 6.44. The topological polar surface area (TPSA) is 26.3 Å². The van der Waals surface area contributed by atoms with E-state index in [4.69, 9.17) is 8.83 Å². The third-order valence-electron chi connectivity index (χ3n) is 8.93. The molecule has 0 aliphatic rings. The van der Waals surface area contributed by atoms with Crippen LogP contribution in [-0.4, -0.2) is 0 Å². The van der Waals surface area contributed by atoms with Crippen molar-refractivity contribution < 1.29 is 8.83 Å².